The number of nitrogens with one attached hydrogen (secondary N) is 1. The van der Waals surface area contributed by atoms with Crippen LogP contribution in [0.3, 0.4) is 0 Å². The number of rotatable bonds is 8. The molecule has 3 heterocycles. The first kappa shape index (κ1) is 29.0. The number of likely N-dealkylation sites (tertiary alicyclic amines) is 1. The third-order valence-corrected chi connectivity index (χ3v) is 9.14. The normalized spacial score (nSPS) is 19.3. The van der Waals surface area contributed by atoms with Gasteiger partial charge in [0.2, 0.25) is 11.8 Å². The number of aromatic nitrogens is 1. The van der Waals surface area contributed by atoms with Gasteiger partial charge >= 0.3 is 0 Å². The SMILES string of the molecule is Cc1ncsc1-c1ccc(CNC(=O)C2C[C@@H](O)CN2C(=O)[C@H](C(C)C)N2Cc3ccccc3C2=O)c(C(C)C)c1. The van der Waals surface area contributed by atoms with Crippen molar-refractivity contribution in [3.63, 3.8) is 0 Å². The lowest BCUT2D eigenvalue weighted by molar-refractivity contribution is -0.143. The summed E-state index contributed by atoms with van der Waals surface area (Å²) in [5.41, 5.74) is 7.60. The fourth-order valence-corrected chi connectivity index (χ4v) is 6.87. The highest BCUT2D eigenvalue weighted by molar-refractivity contribution is 7.13. The number of carbonyl (C=O) groups is 3. The lowest BCUT2D eigenvalue weighted by atomic mass is 9.94. The molecule has 3 atom stereocenters. The van der Waals surface area contributed by atoms with Crippen LogP contribution in [-0.2, 0) is 22.7 Å². The second kappa shape index (κ2) is 11.7. The number of aliphatic hydroxyl groups is 1. The molecular weight excluding hydrogens is 536 g/mol. The van der Waals surface area contributed by atoms with Gasteiger partial charge in [-0.05, 0) is 53.1 Å². The second-order valence-electron chi connectivity index (χ2n) is 11.7. The second-order valence-corrected chi connectivity index (χ2v) is 12.6. The predicted octanol–water partition coefficient (Wildman–Crippen LogP) is 4.50. The number of aryl methyl sites for hydroxylation is 1. The largest absolute Gasteiger partial charge is 0.391 e. The van der Waals surface area contributed by atoms with Gasteiger partial charge in [0.15, 0.2) is 0 Å². The van der Waals surface area contributed by atoms with Gasteiger partial charge in [-0.15, -0.1) is 11.3 Å². The Hall–Kier alpha value is -3.56. The van der Waals surface area contributed by atoms with Crippen LogP contribution in [0.2, 0.25) is 0 Å². The van der Waals surface area contributed by atoms with E-state index >= 15 is 0 Å². The minimum Gasteiger partial charge on any atom is -0.391 e. The van der Waals surface area contributed by atoms with Crippen LogP contribution in [0.25, 0.3) is 10.4 Å². The van der Waals surface area contributed by atoms with E-state index in [2.05, 4.69) is 36.3 Å². The molecule has 2 N–H and O–H groups in total. The first-order chi connectivity index (χ1) is 19.6. The molecule has 216 valence electrons. The summed E-state index contributed by atoms with van der Waals surface area (Å²) < 4.78 is 0. The molecule has 1 unspecified atom stereocenters. The van der Waals surface area contributed by atoms with Gasteiger partial charge in [0.1, 0.15) is 12.1 Å². The predicted molar refractivity (Wildman–Crippen MR) is 159 cm³/mol. The van der Waals surface area contributed by atoms with Gasteiger partial charge in [-0.1, -0.05) is 58.0 Å². The molecule has 1 saturated heterocycles. The van der Waals surface area contributed by atoms with E-state index in [-0.39, 0.29) is 42.5 Å². The summed E-state index contributed by atoms with van der Waals surface area (Å²) >= 11 is 1.61. The van der Waals surface area contributed by atoms with E-state index in [0.717, 1.165) is 32.8 Å². The van der Waals surface area contributed by atoms with E-state index in [1.165, 1.54) is 4.90 Å². The molecule has 0 aliphatic carbocycles. The van der Waals surface area contributed by atoms with Crippen molar-refractivity contribution < 1.29 is 19.5 Å². The van der Waals surface area contributed by atoms with Crippen LogP contribution in [0.5, 0.6) is 0 Å². The molecule has 2 aliphatic heterocycles. The van der Waals surface area contributed by atoms with Crippen molar-refractivity contribution in [3.8, 4) is 10.4 Å². The molecule has 0 bridgehead atoms. The minimum absolute atomic E-state index is 0.0647. The number of thiazole rings is 1. The third kappa shape index (κ3) is 5.65. The van der Waals surface area contributed by atoms with E-state index in [0.29, 0.717) is 18.7 Å². The van der Waals surface area contributed by atoms with Crippen molar-refractivity contribution in [2.75, 3.05) is 6.54 Å². The summed E-state index contributed by atoms with van der Waals surface area (Å²) in [5.74, 6) is -0.700. The number of hydrogen-bond donors (Lipinski definition) is 2. The highest BCUT2D eigenvalue weighted by Crippen LogP contribution is 2.32. The summed E-state index contributed by atoms with van der Waals surface area (Å²) in [6, 6.07) is 12.1. The molecule has 5 rings (SSSR count). The van der Waals surface area contributed by atoms with E-state index < -0.39 is 18.2 Å². The topological polar surface area (TPSA) is 103 Å². The van der Waals surface area contributed by atoms with Gasteiger partial charge in [-0.25, -0.2) is 4.98 Å². The van der Waals surface area contributed by atoms with E-state index in [1.54, 1.807) is 22.3 Å². The van der Waals surface area contributed by atoms with Crippen LogP contribution in [0, 0.1) is 12.8 Å². The first-order valence-electron chi connectivity index (χ1n) is 14.2. The molecule has 9 heteroatoms. The van der Waals surface area contributed by atoms with Crippen molar-refractivity contribution in [2.45, 2.75) is 78.2 Å². The summed E-state index contributed by atoms with van der Waals surface area (Å²) in [4.78, 5) is 49.3. The Balaban J connectivity index is 1.32. The minimum atomic E-state index is -0.805. The molecule has 0 radical (unpaired) electrons. The number of aliphatic hydroxyl groups excluding tert-OH is 1. The van der Waals surface area contributed by atoms with Crippen LogP contribution in [0.1, 0.15) is 72.8 Å². The summed E-state index contributed by atoms with van der Waals surface area (Å²) in [5, 5.41) is 13.6. The molecule has 0 spiro atoms. The quantitative estimate of drug-likeness (QED) is 0.413. The van der Waals surface area contributed by atoms with Crippen molar-refractivity contribution in [3.05, 3.63) is 75.9 Å². The Labute approximate surface area is 245 Å². The standard InChI is InChI=1S/C32H38N4O4S/c1-18(2)26-12-21(29-20(5)34-17-41-29)10-11-22(26)14-33-30(38)27-13-24(37)16-35(27)32(40)28(19(3)4)36-15-23-8-6-7-9-25(23)31(36)39/h6-12,17-19,24,27-28,37H,13-16H2,1-5H3,(H,33,38)/t24-,27?,28+/m1/s1. The average molecular weight is 575 g/mol. The lowest BCUT2D eigenvalue weighted by Gasteiger charge is -2.35. The van der Waals surface area contributed by atoms with Crippen LogP contribution < -0.4 is 5.32 Å². The van der Waals surface area contributed by atoms with Crippen LogP contribution in [0.4, 0.5) is 0 Å². The Kier molecular flexibility index (Phi) is 8.29. The average Bonchev–Trinajstić information content (AvgIpc) is 3.64. The van der Waals surface area contributed by atoms with Gasteiger partial charge in [-0.2, -0.15) is 0 Å². The zero-order chi connectivity index (χ0) is 29.4. The van der Waals surface area contributed by atoms with Gasteiger partial charge < -0.3 is 20.2 Å². The third-order valence-electron chi connectivity index (χ3n) is 8.16. The highest BCUT2D eigenvalue weighted by atomic mass is 32.1. The van der Waals surface area contributed by atoms with Crippen LogP contribution >= 0.6 is 11.3 Å². The Morgan fingerprint density at radius 2 is 1.90 bits per heavy atom. The van der Waals surface area contributed by atoms with E-state index in [1.807, 2.05) is 50.5 Å². The van der Waals surface area contributed by atoms with Gasteiger partial charge in [0.05, 0.1) is 22.2 Å². The highest BCUT2D eigenvalue weighted by Gasteiger charge is 2.45. The molecule has 1 aromatic heterocycles. The van der Waals surface area contributed by atoms with Gasteiger partial charge in [0, 0.05) is 31.6 Å². The van der Waals surface area contributed by atoms with Crippen molar-refractivity contribution in [1.29, 1.82) is 0 Å². The molecule has 8 nitrogen and oxygen atoms in total. The first-order valence-corrected chi connectivity index (χ1v) is 15.1. The van der Waals surface area contributed by atoms with Crippen molar-refractivity contribution in [1.82, 2.24) is 20.1 Å². The molecular formula is C32H38N4O4S. The number of hydrogen-bond acceptors (Lipinski definition) is 6. The monoisotopic (exact) mass is 574 g/mol. The number of benzene rings is 2. The smallest absolute Gasteiger partial charge is 0.255 e. The summed E-state index contributed by atoms with van der Waals surface area (Å²) in [7, 11) is 0. The zero-order valence-electron chi connectivity index (χ0n) is 24.3. The maximum atomic E-state index is 14.0. The molecule has 0 saturated carbocycles. The molecule has 41 heavy (non-hydrogen) atoms. The van der Waals surface area contributed by atoms with Crippen LogP contribution in [-0.4, -0.2) is 62.3 Å². The molecule has 2 aromatic carbocycles. The molecule has 3 aromatic rings. The molecule has 1 fully saturated rings. The molecule has 3 amide bonds. The summed E-state index contributed by atoms with van der Waals surface area (Å²) in [6.45, 7) is 10.8. The maximum absolute atomic E-state index is 14.0. The number of β-amino-alcohol motifs (C(OH)–C–C–N with tert-alkyl or cyclic N) is 1. The Bertz CT molecular complexity index is 1470. The molecule has 2 aliphatic rings. The number of amides is 3. The van der Waals surface area contributed by atoms with Crippen molar-refractivity contribution in [2.24, 2.45) is 5.92 Å². The number of nitrogens with zero attached hydrogens (tertiary/aromatic N) is 3. The lowest BCUT2D eigenvalue weighted by Crippen LogP contribution is -2.55. The van der Waals surface area contributed by atoms with E-state index in [9.17, 15) is 19.5 Å². The summed E-state index contributed by atoms with van der Waals surface area (Å²) in [6.07, 6.45) is -0.640. The Morgan fingerprint density at radius 3 is 2.56 bits per heavy atom. The zero-order valence-corrected chi connectivity index (χ0v) is 25.1. The fourth-order valence-electron chi connectivity index (χ4n) is 6.07. The Morgan fingerprint density at radius 1 is 1.15 bits per heavy atom. The van der Waals surface area contributed by atoms with Gasteiger partial charge in [-0.3, -0.25) is 14.4 Å². The number of carbonyl (C=O) groups excluding carboxylic acids is 3. The van der Waals surface area contributed by atoms with Crippen LogP contribution in [0.15, 0.2) is 48.0 Å². The van der Waals surface area contributed by atoms with Gasteiger partial charge in [0.25, 0.3) is 5.91 Å². The van der Waals surface area contributed by atoms with E-state index in [4.69, 9.17) is 0 Å². The van der Waals surface area contributed by atoms with Crippen molar-refractivity contribution >= 4 is 29.1 Å². The number of fused-ring (bicyclic) bond motifs is 1. The maximum Gasteiger partial charge on any atom is 0.255 e. The fraction of sp³-hybridized carbons (Fsp3) is 0.438.